The molecule has 15 heavy (non-hydrogen) atoms. The maximum Gasteiger partial charge on any atom is 0.238 e. The molecule has 0 aliphatic carbocycles. The molecular weight excluding hydrogens is 184 g/mol. The van der Waals surface area contributed by atoms with E-state index in [-0.39, 0.29) is 0 Å². The molecule has 0 spiro atoms. The molecule has 0 radical (unpaired) electrons. The van der Waals surface area contributed by atoms with Crippen molar-refractivity contribution in [3.8, 4) is 0 Å². The molecule has 1 aromatic heterocycles. The van der Waals surface area contributed by atoms with Crippen LogP contribution in [-0.4, -0.2) is 5.10 Å². The fourth-order valence-corrected chi connectivity index (χ4v) is 1.38. The van der Waals surface area contributed by atoms with Crippen molar-refractivity contribution in [2.75, 3.05) is 0 Å². The first-order chi connectivity index (χ1) is 7.29. The van der Waals surface area contributed by atoms with Crippen molar-refractivity contribution in [1.29, 1.82) is 0 Å². The molecule has 0 aliphatic rings. The van der Waals surface area contributed by atoms with E-state index in [0.717, 1.165) is 0 Å². The van der Waals surface area contributed by atoms with Crippen molar-refractivity contribution >= 4 is 10.9 Å². The van der Waals surface area contributed by atoms with Crippen LogP contribution in [0.3, 0.4) is 0 Å². The van der Waals surface area contributed by atoms with Gasteiger partial charge >= 0.3 is 0 Å². The summed E-state index contributed by atoms with van der Waals surface area (Å²) in [7, 11) is 2.02. The highest BCUT2D eigenvalue weighted by molar-refractivity contribution is 5.78. The molecule has 2 aromatic rings. The molecular formula is C13H23N2+. The summed E-state index contributed by atoms with van der Waals surface area (Å²) in [5.41, 5.74) is 2.57. The number of benzene rings is 1. The molecule has 1 heterocycles. The molecule has 84 valence electrons. The Morgan fingerprint density at radius 2 is 1.67 bits per heavy atom. The summed E-state index contributed by atoms with van der Waals surface area (Å²) in [6, 6.07) is 6.31. The molecule has 0 saturated heterocycles. The molecule has 2 rings (SSSR count). The summed E-state index contributed by atoms with van der Waals surface area (Å²) < 4.78 is 2.02. The third-order valence-corrected chi connectivity index (χ3v) is 2.07. The first-order valence-corrected chi connectivity index (χ1v) is 5.72. The minimum atomic E-state index is 1.25. The minimum absolute atomic E-state index is 1.25. The van der Waals surface area contributed by atoms with Crippen LogP contribution in [0, 0.1) is 6.92 Å². The topological polar surface area (TPSA) is 19.7 Å². The average Bonchev–Trinajstić information content (AvgIpc) is 2.68. The van der Waals surface area contributed by atoms with Gasteiger partial charge in [0, 0.05) is 6.07 Å². The van der Waals surface area contributed by atoms with E-state index in [2.05, 4.69) is 30.2 Å². The standard InChI is InChI=1S/C9H10N2.2C2H6/c1-7-4-3-5-9-8(7)6-10-11(9)2;2*1-2/h3-6H,1-2H3;2*1-2H3/p+1. The number of fused-ring (bicyclic) bond motifs is 1. The molecule has 0 atom stereocenters. The fourth-order valence-electron chi connectivity index (χ4n) is 1.38. The van der Waals surface area contributed by atoms with Gasteiger partial charge in [-0.3, -0.25) is 0 Å². The predicted molar refractivity (Wildman–Crippen MR) is 66.9 cm³/mol. The Kier molecular flexibility index (Phi) is 6.43. The highest BCUT2D eigenvalue weighted by Gasteiger charge is 2.06. The van der Waals surface area contributed by atoms with E-state index < -0.39 is 0 Å². The summed E-state index contributed by atoms with van der Waals surface area (Å²) in [5, 5.41) is 4.44. The van der Waals surface area contributed by atoms with Crippen LogP contribution < -0.4 is 4.68 Å². The van der Waals surface area contributed by atoms with Crippen LogP contribution in [-0.2, 0) is 7.05 Å². The largest absolute Gasteiger partial charge is 0.238 e. The average molecular weight is 207 g/mol. The summed E-state index contributed by atoms with van der Waals surface area (Å²) >= 11 is 0. The van der Waals surface area contributed by atoms with Gasteiger partial charge in [0.15, 0.2) is 7.05 Å². The van der Waals surface area contributed by atoms with Crippen molar-refractivity contribution in [3.63, 3.8) is 0 Å². The lowest BCUT2D eigenvalue weighted by Crippen LogP contribution is -2.29. The van der Waals surface area contributed by atoms with Crippen LogP contribution in [0.5, 0.6) is 0 Å². The van der Waals surface area contributed by atoms with Gasteiger partial charge in [-0.1, -0.05) is 39.8 Å². The van der Waals surface area contributed by atoms with E-state index in [4.69, 9.17) is 0 Å². The number of hydrogen-bond acceptors (Lipinski definition) is 0. The second-order valence-electron chi connectivity index (χ2n) is 2.84. The number of rotatable bonds is 0. The van der Waals surface area contributed by atoms with Gasteiger partial charge in [-0.15, -0.1) is 4.68 Å². The second kappa shape index (κ2) is 7.04. The molecule has 2 nitrogen and oxygen atoms in total. The summed E-state index contributed by atoms with van der Waals surface area (Å²) in [4.78, 5) is 0. The number of nitrogens with zero attached hydrogens (tertiary/aromatic N) is 1. The lowest BCUT2D eigenvalue weighted by atomic mass is 10.1. The molecule has 0 fully saturated rings. The number of aromatic nitrogens is 2. The quantitative estimate of drug-likeness (QED) is 0.639. The first-order valence-electron chi connectivity index (χ1n) is 5.72. The van der Waals surface area contributed by atoms with Gasteiger partial charge in [-0.25, -0.2) is 0 Å². The SMILES string of the molecule is CC.CC.Cc1cccc2c1c[nH][n+]2C. The lowest BCUT2D eigenvalue weighted by Gasteiger charge is -1.88. The zero-order valence-corrected chi connectivity index (χ0v) is 10.8. The van der Waals surface area contributed by atoms with Crippen molar-refractivity contribution < 1.29 is 4.68 Å². The molecule has 1 aromatic carbocycles. The maximum absolute atomic E-state index is 3.13. The van der Waals surface area contributed by atoms with Crippen LogP contribution in [0.1, 0.15) is 33.3 Å². The number of nitrogens with one attached hydrogen (secondary N) is 1. The van der Waals surface area contributed by atoms with Crippen molar-refractivity contribution in [2.24, 2.45) is 7.05 Å². The monoisotopic (exact) mass is 207 g/mol. The minimum Gasteiger partial charge on any atom is -0.172 e. The van der Waals surface area contributed by atoms with Crippen LogP contribution in [0.4, 0.5) is 0 Å². The summed E-state index contributed by atoms with van der Waals surface area (Å²) in [5.74, 6) is 0. The Bertz CT molecular complexity index is 388. The van der Waals surface area contributed by atoms with Crippen LogP contribution in [0.2, 0.25) is 0 Å². The Morgan fingerprint density at radius 1 is 1.07 bits per heavy atom. The van der Waals surface area contributed by atoms with E-state index in [9.17, 15) is 0 Å². The molecule has 0 amide bonds. The Hall–Kier alpha value is -1.31. The summed E-state index contributed by atoms with van der Waals surface area (Å²) in [6.07, 6.45) is 2.03. The Morgan fingerprint density at radius 3 is 2.20 bits per heavy atom. The van der Waals surface area contributed by atoms with E-state index in [1.54, 1.807) is 0 Å². The fraction of sp³-hybridized carbons (Fsp3) is 0.462. The summed E-state index contributed by atoms with van der Waals surface area (Å²) in [6.45, 7) is 10.1. The molecule has 2 heteroatoms. The number of aryl methyl sites for hydroxylation is 2. The number of H-pyrrole nitrogens is 1. The van der Waals surface area contributed by atoms with Gasteiger partial charge in [0.2, 0.25) is 5.52 Å². The van der Waals surface area contributed by atoms with E-state index in [1.165, 1.54) is 16.5 Å². The van der Waals surface area contributed by atoms with E-state index in [0.29, 0.717) is 0 Å². The van der Waals surface area contributed by atoms with Gasteiger partial charge in [-0.05, 0) is 12.5 Å². The third-order valence-electron chi connectivity index (χ3n) is 2.07. The molecule has 0 saturated carbocycles. The first kappa shape index (κ1) is 13.7. The van der Waals surface area contributed by atoms with Crippen LogP contribution in [0.25, 0.3) is 10.9 Å². The Labute approximate surface area is 92.9 Å². The van der Waals surface area contributed by atoms with Gasteiger partial charge in [-0.2, -0.15) is 5.10 Å². The molecule has 0 bridgehead atoms. The molecule has 0 aliphatic heterocycles. The van der Waals surface area contributed by atoms with Gasteiger partial charge in [0.25, 0.3) is 0 Å². The zero-order valence-electron chi connectivity index (χ0n) is 10.8. The molecule has 1 N–H and O–H groups in total. The second-order valence-corrected chi connectivity index (χ2v) is 2.84. The lowest BCUT2D eigenvalue weighted by molar-refractivity contribution is -0.702. The normalized spacial score (nSPS) is 8.67. The number of hydrogen-bond donors (Lipinski definition) is 1. The van der Waals surface area contributed by atoms with Crippen LogP contribution >= 0.6 is 0 Å². The van der Waals surface area contributed by atoms with E-state index >= 15 is 0 Å². The predicted octanol–water partition coefficient (Wildman–Crippen LogP) is 3.35. The highest BCUT2D eigenvalue weighted by Crippen LogP contribution is 2.12. The van der Waals surface area contributed by atoms with Crippen molar-refractivity contribution in [1.82, 2.24) is 5.10 Å². The van der Waals surface area contributed by atoms with Gasteiger partial charge in [0.05, 0.1) is 11.6 Å². The van der Waals surface area contributed by atoms with Crippen molar-refractivity contribution in [2.45, 2.75) is 34.6 Å². The zero-order chi connectivity index (χ0) is 11.8. The van der Waals surface area contributed by atoms with Gasteiger partial charge < -0.3 is 0 Å². The van der Waals surface area contributed by atoms with Crippen molar-refractivity contribution in [3.05, 3.63) is 30.0 Å². The smallest absolute Gasteiger partial charge is 0.172 e. The third kappa shape index (κ3) is 3.08. The van der Waals surface area contributed by atoms with E-state index in [1.807, 2.05) is 45.6 Å². The maximum atomic E-state index is 3.13. The van der Waals surface area contributed by atoms with Crippen LogP contribution in [0.15, 0.2) is 24.4 Å². The highest BCUT2D eigenvalue weighted by atomic mass is 15.2. The molecule has 0 unspecified atom stereocenters. The van der Waals surface area contributed by atoms with Gasteiger partial charge in [0.1, 0.15) is 0 Å². The Balaban J connectivity index is 0.000000442. The number of aromatic amines is 1.